The molecule has 14 heavy (non-hydrogen) atoms. The fourth-order valence-corrected chi connectivity index (χ4v) is 1.19. The lowest BCUT2D eigenvalue weighted by molar-refractivity contribution is -0.137. The van der Waals surface area contributed by atoms with Crippen molar-refractivity contribution in [3.63, 3.8) is 0 Å². The summed E-state index contributed by atoms with van der Waals surface area (Å²) in [5.41, 5.74) is 0. The topological polar surface area (TPSA) is 46.5 Å². The van der Waals surface area contributed by atoms with Gasteiger partial charge in [0.25, 0.3) is 0 Å². The van der Waals surface area contributed by atoms with Crippen LogP contribution in [0, 0.1) is 5.92 Å². The summed E-state index contributed by atoms with van der Waals surface area (Å²) in [6, 6.07) is 0. The molecule has 1 unspecified atom stereocenters. The van der Waals surface area contributed by atoms with E-state index < -0.39 is 0 Å². The fourth-order valence-electron chi connectivity index (χ4n) is 1.19. The second kappa shape index (κ2) is 8.75. The van der Waals surface area contributed by atoms with Crippen LogP contribution in [0.1, 0.15) is 32.6 Å². The third kappa shape index (κ3) is 6.66. The zero-order valence-electron chi connectivity index (χ0n) is 8.87. The van der Waals surface area contributed by atoms with Crippen LogP contribution in [-0.4, -0.2) is 24.3 Å². The summed E-state index contributed by atoms with van der Waals surface area (Å²) in [5, 5.41) is 8.91. The highest BCUT2D eigenvalue weighted by Gasteiger charge is 2.03. The van der Waals surface area contributed by atoms with E-state index in [1.54, 1.807) is 0 Å². The number of ether oxygens (including phenoxy) is 1. The van der Waals surface area contributed by atoms with Gasteiger partial charge in [0.1, 0.15) is 0 Å². The minimum absolute atomic E-state index is 0.253. The lowest BCUT2D eigenvalue weighted by atomic mass is 10.0. The minimum atomic E-state index is -0.362. The summed E-state index contributed by atoms with van der Waals surface area (Å²) < 4.78 is 4.82. The van der Waals surface area contributed by atoms with E-state index in [0.29, 0.717) is 12.5 Å². The Morgan fingerprint density at radius 3 is 2.79 bits per heavy atom. The zero-order chi connectivity index (χ0) is 10.8. The number of esters is 1. The average Bonchev–Trinajstić information content (AvgIpc) is 2.23. The van der Waals surface area contributed by atoms with Crippen LogP contribution >= 0.6 is 0 Å². The average molecular weight is 200 g/mol. The van der Waals surface area contributed by atoms with Gasteiger partial charge in [0, 0.05) is 12.7 Å². The molecule has 0 fully saturated rings. The van der Waals surface area contributed by atoms with E-state index in [4.69, 9.17) is 9.84 Å². The van der Waals surface area contributed by atoms with Gasteiger partial charge in [0.15, 0.2) is 0 Å². The van der Waals surface area contributed by atoms with Crippen LogP contribution in [0.5, 0.6) is 0 Å². The maximum atomic E-state index is 10.6. The molecule has 0 aliphatic carbocycles. The van der Waals surface area contributed by atoms with E-state index in [0.717, 1.165) is 25.7 Å². The van der Waals surface area contributed by atoms with E-state index in [-0.39, 0.29) is 12.6 Å². The van der Waals surface area contributed by atoms with Gasteiger partial charge in [-0.25, -0.2) is 4.79 Å². The van der Waals surface area contributed by atoms with Gasteiger partial charge < -0.3 is 9.84 Å². The third-order valence-corrected chi connectivity index (χ3v) is 2.25. The predicted octanol–water partition coefficient (Wildman–Crippen LogP) is 1.90. The first kappa shape index (κ1) is 13.2. The molecule has 3 nitrogen and oxygen atoms in total. The van der Waals surface area contributed by atoms with Gasteiger partial charge in [-0.15, -0.1) is 0 Å². The Labute approximate surface area is 85.8 Å². The maximum absolute atomic E-state index is 10.6. The van der Waals surface area contributed by atoms with E-state index in [1.807, 2.05) is 0 Å². The Bertz CT molecular complexity index is 162. The summed E-state index contributed by atoms with van der Waals surface area (Å²) in [4.78, 5) is 10.6. The van der Waals surface area contributed by atoms with Crippen molar-refractivity contribution < 1.29 is 14.6 Å². The maximum Gasteiger partial charge on any atom is 0.330 e. The Hall–Kier alpha value is -0.830. The van der Waals surface area contributed by atoms with Gasteiger partial charge in [-0.1, -0.05) is 19.9 Å². The molecule has 3 heteroatoms. The minimum Gasteiger partial charge on any atom is -0.463 e. The highest BCUT2D eigenvalue weighted by molar-refractivity contribution is 5.81. The highest BCUT2D eigenvalue weighted by atomic mass is 16.5. The number of aliphatic hydroxyl groups is 1. The molecule has 1 atom stereocenters. The highest BCUT2D eigenvalue weighted by Crippen LogP contribution is 2.11. The van der Waals surface area contributed by atoms with E-state index in [1.165, 1.54) is 6.08 Å². The number of unbranched alkanes of at least 4 members (excludes halogenated alkanes) is 1. The summed E-state index contributed by atoms with van der Waals surface area (Å²) in [7, 11) is 0. The van der Waals surface area contributed by atoms with Crippen LogP contribution in [0.25, 0.3) is 0 Å². The molecule has 0 aromatic heterocycles. The third-order valence-electron chi connectivity index (χ3n) is 2.25. The normalized spacial score (nSPS) is 12.1. The molecule has 0 radical (unpaired) electrons. The number of hydrogen-bond donors (Lipinski definition) is 1. The van der Waals surface area contributed by atoms with Crippen molar-refractivity contribution in [3.05, 3.63) is 12.7 Å². The van der Waals surface area contributed by atoms with Crippen LogP contribution in [-0.2, 0) is 9.53 Å². The molecule has 0 saturated carbocycles. The largest absolute Gasteiger partial charge is 0.463 e. The van der Waals surface area contributed by atoms with Gasteiger partial charge in [-0.3, -0.25) is 0 Å². The molecular formula is C11H20O3. The first-order valence-electron chi connectivity index (χ1n) is 5.14. The van der Waals surface area contributed by atoms with Crippen molar-refractivity contribution in [3.8, 4) is 0 Å². The molecule has 0 saturated heterocycles. The molecule has 0 bridgehead atoms. The van der Waals surface area contributed by atoms with Gasteiger partial charge in [0.05, 0.1) is 6.61 Å². The molecule has 0 aliphatic rings. The smallest absolute Gasteiger partial charge is 0.330 e. The lowest BCUT2D eigenvalue weighted by Crippen LogP contribution is -2.06. The molecule has 0 spiro atoms. The monoisotopic (exact) mass is 200 g/mol. The number of carbonyl (C=O) groups excluding carboxylic acids is 1. The van der Waals surface area contributed by atoms with Crippen LogP contribution in [0.2, 0.25) is 0 Å². The molecule has 82 valence electrons. The molecule has 0 aromatic rings. The van der Waals surface area contributed by atoms with Crippen LogP contribution in [0.15, 0.2) is 12.7 Å². The predicted molar refractivity (Wildman–Crippen MR) is 55.9 cm³/mol. The number of carbonyl (C=O) groups is 1. The standard InChI is InChI=1S/C11H20O3/c1-3-10(9-12)7-5-6-8-14-11(13)4-2/h4,10,12H,2-3,5-9H2,1H3. The number of rotatable bonds is 8. The first-order valence-corrected chi connectivity index (χ1v) is 5.14. The summed E-state index contributed by atoms with van der Waals surface area (Å²) in [6.45, 7) is 6.08. The van der Waals surface area contributed by atoms with Gasteiger partial charge in [0.2, 0.25) is 0 Å². The van der Waals surface area contributed by atoms with Crippen molar-refractivity contribution in [2.75, 3.05) is 13.2 Å². The molecule has 0 rings (SSSR count). The summed E-state index contributed by atoms with van der Waals surface area (Å²) >= 11 is 0. The van der Waals surface area contributed by atoms with Crippen LogP contribution in [0.3, 0.4) is 0 Å². The summed E-state index contributed by atoms with van der Waals surface area (Å²) in [6.07, 6.45) is 5.02. The zero-order valence-corrected chi connectivity index (χ0v) is 8.87. The number of aliphatic hydroxyl groups excluding tert-OH is 1. The van der Waals surface area contributed by atoms with Gasteiger partial charge in [-0.2, -0.15) is 0 Å². The second-order valence-electron chi connectivity index (χ2n) is 3.32. The summed E-state index contributed by atoms with van der Waals surface area (Å²) in [5.74, 6) is 0.0318. The Kier molecular flexibility index (Phi) is 8.24. The molecular weight excluding hydrogens is 180 g/mol. The Morgan fingerprint density at radius 1 is 1.57 bits per heavy atom. The van der Waals surface area contributed by atoms with Crippen molar-refractivity contribution in [2.45, 2.75) is 32.6 Å². The van der Waals surface area contributed by atoms with Crippen LogP contribution < -0.4 is 0 Å². The van der Waals surface area contributed by atoms with E-state index in [2.05, 4.69) is 13.5 Å². The second-order valence-corrected chi connectivity index (χ2v) is 3.32. The molecule has 0 aliphatic heterocycles. The van der Waals surface area contributed by atoms with Gasteiger partial charge in [-0.05, 0) is 25.2 Å². The number of hydrogen-bond acceptors (Lipinski definition) is 3. The van der Waals surface area contributed by atoms with E-state index in [9.17, 15) is 4.79 Å². The molecule has 0 amide bonds. The van der Waals surface area contributed by atoms with Crippen molar-refractivity contribution in [1.29, 1.82) is 0 Å². The van der Waals surface area contributed by atoms with Crippen molar-refractivity contribution >= 4 is 5.97 Å². The van der Waals surface area contributed by atoms with Crippen molar-refractivity contribution in [1.82, 2.24) is 0 Å². The van der Waals surface area contributed by atoms with Crippen molar-refractivity contribution in [2.24, 2.45) is 5.92 Å². The molecule has 1 N–H and O–H groups in total. The first-order chi connectivity index (χ1) is 6.74. The molecule has 0 heterocycles. The lowest BCUT2D eigenvalue weighted by Gasteiger charge is -2.10. The Morgan fingerprint density at radius 2 is 2.29 bits per heavy atom. The van der Waals surface area contributed by atoms with Crippen LogP contribution in [0.4, 0.5) is 0 Å². The fraction of sp³-hybridized carbons (Fsp3) is 0.727. The quantitative estimate of drug-likeness (QED) is 0.370. The van der Waals surface area contributed by atoms with E-state index >= 15 is 0 Å². The SMILES string of the molecule is C=CC(=O)OCCCCC(CC)CO. The Balaban J connectivity index is 3.28. The molecule has 0 aromatic carbocycles. The van der Waals surface area contributed by atoms with Gasteiger partial charge >= 0.3 is 5.97 Å².